The van der Waals surface area contributed by atoms with Crippen LogP contribution >= 0.6 is 27.9 Å². The Morgan fingerprint density at radius 2 is 1.67 bits per heavy atom. The number of carboxylic acid groups (broad SMARTS) is 1. The number of rotatable bonds is 15. The number of unbranched alkanes of at least 4 members (excludes halogenated alkanes) is 1. The largest absolute Gasteiger partial charge is 0.508 e. The van der Waals surface area contributed by atoms with Gasteiger partial charge in [0.05, 0.1) is 18.8 Å². The molecule has 1 aliphatic carbocycles. The molecule has 6 rings (SSSR count). The molecule has 3 heterocycles. The number of phenols is 1. The number of aromatic carboxylic acids is 1. The maximum Gasteiger partial charge on any atom is 0.481 e. The molecule has 308 valence electrons. The summed E-state index contributed by atoms with van der Waals surface area (Å²) in [5.41, 5.74) is -0.335. The molecule has 0 amide bonds. The number of aliphatic hydroxyl groups excluding tert-OH is 2. The molecule has 1 saturated heterocycles. The average Bonchev–Trinajstić information content (AvgIpc) is 3.42. The Labute approximate surface area is 330 Å². The fourth-order valence-corrected chi connectivity index (χ4v) is 8.36. The Bertz CT molecular complexity index is 2610. The van der Waals surface area contributed by atoms with Gasteiger partial charge < -0.3 is 50.0 Å². The molecule has 2 aromatic carbocycles. The van der Waals surface area contributed by atoms with Gasteiger partial charge in [0, 0.05) is 53.1 Å². The van der Waals surface area contributed by atoms with Crippen LogP contribution < -0.4 is 27.3 Å². The molecule has 2 unspecified atom stereocenters. The second-order valence-corrected chi connectivity index (χ2v) is 16.1. The molecule has 6 atom stereocenters. The zero-order valence-corrected chi connectivity index (χ0v) is 32.2. The summed E-state index contributed by atoms with van der Waals surface area (Å²) >= 11 is 5.33. The summed E-state index contributed by atoms with van der Waals surface area (Å²) < 4.78 is 50.4. The number of hydrogen-bond donors (Lipinski definition) is 9. The first-order valence-corrected chi connectivity index (χ1v) is 20.4. The molecule has 24 heteroatoms. The first kappa shape index (κ1) is 42.5. The summed E-state index contributed by atoms with van der Waals surface area (Å²) in [6.45, 7) is -1.15. The normalized spacial score (nSPS) is 20.1. The molecule has 9 N–H and O–H groups in total. The zero-order valence-electron chi connectivity index (χ0n) is 29.6. The summed E-state index contributed by atoms with van der Waals surface area (Å²) in [5, 5.41) is 47.1. The molecule has 58 heavy (non-hydrogen) atoms. The van der Waals surface area contributed by atoms with Crippen LogP contribution in [0.3, 0.4) is 0 Å². The molecule has 3 aliphatic rings. The van der Waals surface area contributed by atoms with Crippen LogP contribution in [0.2, 0.25) is 0 Å². The number of nitrogens with zero attached hydrogens (tertiary/aromatic N) is 1. The van der Waals surface area contributed by atoms with Gasteiger partial charge in [-0.1, -0.05) is 6.07 Å². The Morgan fingerprint density at radius 1 is 0.931 bits per heavy atom. The van der Waals surface area contributed by atoms with Gasteiger partial charge in [-0.2, -0.15) is 4.31 Å². The number of aromatic nitrogens is 2. The van der Waals surface area contributed by atoms with E-state index in [9.17, 15) is 58.5 Å². The highest BCUT2D eigenvalue weighted by atomic mass is 32.1. The van der Waals surface area contributed by atoms with E-state index in [1.165, 1.54) is 36.4 Å². The standard InChI is InChI=1S/C34H34N4O17P2S/c39-18-4-7-21-24(14-18)53-25-15-19(40)5-8-22(25)28(21)20-6-3-17(13-23(20)32(44)45)36-33(58)35-10-1-2-12-51-56(47,48)55-57(49,50)52-16-26-29(42)30(43)31(54-26)38-11-9-27(41)37-34(38)46/h3-9,11,13-15,26,29-31,39,42-43H,1-2,10,12,16H2,(H,44,45)(H,47,48)(H,49,50)(H2,35,36,58)(H,37,41,46)/t26-,29-,30-,31-/m1/s1. The Hall–Kier alpha value is -5.09. The quantitative estimate of drug-likeness (QED) is 0.0316. The molecule has 1 fully saturated rings. The highest BCUT2D eigenvalue weighted by molar-refractivity contribution is 7.80. The van der Waals surface area contributed by atoms with Crippen LogP contribution in [0.25, 0.3) is 33.4 Å². The highest BCUT2D eigenvalue weighted by Crippen LogP contribution is 2.60. The van der Waals surface area contributed by atoms with Crippen molar-refractivity contribution in [3.63, 3.8) is 0 Å². The number of thiocarbonyl (C=S) groups is 1. The van der Waals surface area contributed by atoms with Crippen molar-refractivity contribution >= 4 is 55.6 Å². The lowest BCUT2D eigenvalue weighted by Gasteiger charge is -2.19. The number of carbonyl (C=O) groups is 1. The van der Waals surface area contributed by atoms with Crippen LogP contribution in [0.5, 0.6) is 5.75 Å². The van der Waals surface area contributed by atoms with E-state index >= 15 is 0 Å². The van der Waals surface area contributed by atoms with Crippen LogP contribution in [0.4, 0.5) is 5.69 Å². The molecular formula is C34H34N4O17P2S. The SMILES string of the molecule is O=C(O)c1cc(NC(=S)NCCCCOP(=O)(O)OP(=O)(O)OC[C@H]2O[C@@H](n3ccc(=O)[nH]c3=O)[C@H](O)[C@@H]2O)ccc1-c1c2ccc(=O)cc-2oc2cc(O)ccc12. The first-order chi connectivity index (χ1) is 27.4. The number of anilines is 1. The molecule has 0 saturated carbocycles. The van der Waals surface area contributed by atoms with Gasteiger partial charge in [-0.15, -0.1) is 0 Å². The fraction of sp³-hybridized carbons (Fsp3) is 0.265. The molecule has 0 bridgehead atoms. The molecule has 3 aromatic rings. The zero-order chi connectivity index (χ0) is 41.9. The number of phosphoric acid groups is 2. The third-order valence-corrected chi connectivity index (χ3v) is 11.5. The molecule has 2 aliphatic heterocycles. The third kappa shape index (κ3) is 9.95. The first-order valence-electron chi connectivity index (χ1n) is 17.0. The number of hydrogen-bond acceptors (Lipinski definition) is 15. The predicted octanol–water partition coefficient (Wildman–Crippen LogP) is 2.46. The van der Waals surface area contributed by atoms with Crippen molar-refractivity contribution in [2.24, 2.45) is 0 Å². The minimum atomic E-state index is -5.31. The maximum absolute atomic E-state index is 12.5. The van der Waals surface area contributed by atoms with Crippen molar-refractivity contribution in [1.29, 1.82) is 0 Å². The van der Waals surface area contributed by atoms with Crippen LogP contribution in [-0.2, 0) is 27.2 Å². The van der Waals surface area contributed by atoms with Gasteiger partial charge in [-0.25, -0.2) is 18.7 Å². The number of phenolic OH excluding ortho intramolecular Hbond substituents is 1. The van der Waals surface area contributed by atoms with Gasteiger partial charge in [0.1, 0.15) is 35.4 Å². The number of aromatic hydroxyl groups is 1. The van der Waals surface area contributed by atoms with Crippen LogP contribution in [0, 0.1) is 0 Å². The maximum atomic E-state index is 12.5. The molecule has 0 spiro atoms. The van der Waals surface area contributed by atoms with E-state index in [-0.39, 0.29) is 46.2 Å². The summed E-state index contributed by atoms with van der Waals surface area (Å²) in [6.07, 6.45) is -5.06. The van der Waals surface area contributed by atoms with Gasteiger partial charge in [-0.3, -0.25) is 28.2 Å². The van der Waals surface area contributed by atoms with Gasteiger partial charge >= 0.3 is 27.3 Å². The second-order valence-electron chi connectivity index (χ2n) is 12.7. The molecule has 21 nitrogen and oxygen atoms in total. The van der Waals surface area contributed by atoms with Crippen LogP contribution in [0.15, 0.2) is 85.7 Å². The van der Waals surface area contributed by atoms with E-state index in [1.54, 1.807) is 18.2 Å². The van der Waals surface area contributed by atoms with E-state index in [0.29, 0.717) is 34.2 Å². The summed E-state index contributed by atoms with van der Waals surface area (Å²) in [5.74, 6) is -1.15. The number of phosphoric ester groups is 2. The number of benzene rings is 3. The minimum absolute atomic E-state index is 0.0894. The average molecular weight is 865 g/mol. The lowest BCUT2D eigenvalue weighted by molar-refractivity contribution is -0.0543. The summed E-state index contributed by atoms with van der Waals surface area (Å²) in [7, 11) is -10.5. The van der Waals surface area contributed by atoms with E-state index in [0.717, 1.165) is 16.8 Å². The van der Waals surface area contributed by atoms with E-state index < -0.39 is 70.6 Å². The van der Waals surface area contributed by atoms with E-state index in [1.807, 2.05) is 4.98 Å². The number of fused-ring (bicyclic) bond motifs is 2. The predicted molar refractivity (Wildman–Crippen MR) is 207 cm³/mol. The van der Waals surface area contributed by atoms with Gasteiger partial charge in [0.15, 0.2) is 16.8 Å². The van der Waals surface area contributed by atoms with Crippen molar-refractivity contribution in [3.8, 4) is 28.2 Å². The second kappa shape index (κ2) is 17.4. The van der Waals surface area contributed by atoms with Crippen molar-refractivity contribution in [3.05, 3.63) is 103 Å². The lowest BCUT2D eigenvalue weighted by atomic mass is 9.90. The molecule has 1 aromatic heterocycles. The lowest BCUT2D eigenvalue weighted by Crippen LogP contribution is -2.37. The smallest absolute Gasteiger partial charge is 0.481 e. The minimum Gasteiger partial charge on any atom is -0.508 e. The number of aliphatic hydroxyl groups is 2. The number of carboxylic acids is 1. The van der Waals surface area contributed by atoms with E-state index in [2.05, 4.69) is 19.5 Å². The van der Waals surface area contributed by atoms with Crippen molar-refractivity contribution in [2.75, 3.05) is 25.1 Å². The monoisotopic (exact) mass is 864 g/mol. The summed E-state index contributed by atoms with van der Waals surface area (Å²) in [4.78, 5) is 69.8. The number of aromatic amines is 1. The summed E-state index contributed by atoms with van der Waals surface area (Å²) in [6, 6.07) is 14.0. The Balaban J connectivity index is 0.977. The van der Waals surface area contributed by atoms with Gasteiger partial charge in [0.25, 0.3) is 5.56 Å². The van der Waals surface area contributed by atoms with Crippen LogP contribution in [0.1, 0.15) is 29.4 Å². The number of nitrogens with one attached hydrogen (secondary N) is 3. The van der Waals surface area contributed by atoms with Crippen LogP contribution in [-0.4, -0.2) is 88.9 Å². The number of H-pyrrole nitrogens is 1. The van der Waals surface area contributed by atoms with Gasteiger partial charge in [0.2, 0.25) is 0 Å². The van der Waals surface area contributed by atoms with E-state index in [4.69, 9.17) is 25.9 Å². The third-order valence-electron chi connectivity index (χ3n) is 8.64. The van der Waals surface area contributed by atoms with Crippen molar-refractivity contribution < 1.29 is 66.6 Å². The molecule has 0 radical (unpaired) electrons. The topological polar surface area (TPSA) is 319 Å². The van der Waals surface area contributed by atoms with Crippen molar-refractivity contribution in [1.82, 2.24) is 14.9 Å². The van der Waals surface area contributed by atoms with Crippen molar-refractivity contribution in [2.45, 2.75) is 37.4 Å². The Morgan fingerprint density at radius 3 is 2.41 bits per heavy atom. The highest BCUT2D eigenvalue weighted by Gasteiger charge is 2.46. The van der Waals surface area contributed by atoms with Gasteiger partial charge in [-0.05, 0) is 67.0 Å². The fourth-order valence-electron chi connectivity index (χ4n) is 6.02. The molecular weight excluding hydrogens is 830 g/mol. The Kier molecular flexibility index (Phi) is 12.8. The number of ether oxygens (including phenoxy) is 1.